The van der Waals surface area contributed by atoms with E-state index in [1.165, 1.54) is 0 Å². The Balaban J connectivity index is 1.32. The summed E-state index contributed by atoms with van der Waals surface area (Å²) in [7, 11) is 0. The molecular weight excluding hydrogens is 366 g/mol. The second-order valence-corrected chi connectivity index (χ2v) is 7.22. The number of amides is 1. The van der Waals surface area contributed by atoms with Gasteiger partial charge in [-0.15, -0.1) is 0 Å². The van der Waals surface area contributed by atoms with Crippen molar-refractivity contribution in [2.45, 2.75) is 38.6 Å². The van der Waals surface area contributed by atoms with Gasteiger partial charge in [0, 0.05) is 13.0 Å². The van der Waals surface area contributed by atoms with E-state index in [-0.39, 0.29) is 11.9 Å². The van der Waals surface area contributed by atoms with E-state index in [0.717, 1.165) is 47.7 Å². The lowest BCUT2D eigenvalue weighted by Gasteiger charge is -2.23. The molecule has 1 fully saturated rings. The molecule has 1 aliphatic heterocycles. The van der Waals surface area contributed by atoms with Gasteiger partial charge in [-0.1, -0.05) is 24.3 Å². The largest absolute Gasteiger partial charge is 0.490 e. The molecule has 1 aliphatic rings. The minimum absolute atomic E-state index is 0.0366. The molecule has 6 nitrogen and oxygen atoms in total. The first-order valence-electron chi connectivity index (χ1n) is 10.3. The van der Waals surface area contributed by atoms with Crippen LogP contribution in [0, 0.1) is 0 Å². The Bertz CT molecular complexity index is 936. The molecular formula is C23H27N3O3. The van der Waals surface area contributed by atoms with Crippen molar-refractivity contribution in [3.8, 4) is 11.5 Å². The van der Waals surface area contributed by atoms with Gasteiger partial charge < -0.3 is 19.4 Å². The Morgan fingerprint density at radius 1 is 1.14 bits per heavy atom. The molecule has 0 radical (unpaired) electrons. The van der Waals surface area contributed by atoms with Crippen LogP contribution in [0.1, 0.15) is 44.5 Å². The fourth-order valence-corrected chi connectivity index (χ4v) is 3.87. The number of carbonyl (C=O) groups is 1. The number of carbonyl (C=O) groups excluding carboxylic acids is 1. The Morgan fingerprint density at radius 2 is 1.90 bits per heavy atom. The lowest BCUT2D eigenvalue weighted by molar-refractivity contribution is -0.132. The van der Waals surface area contributed by atoms with Crippen LogP contribution in [0.5, 0.6) is 11.5 Å². The lowest BCUT2D eigenvalue weighted by atomic mass is 10.2. The molecule has 1 N–H and O–H groups in total. The maximum absolute atomic E-state index is 12.8. The van der Waals surface area contributed by atoms with Crippen molar-refractivity contribution in [2.24, 2.45) is 0 Å². The molecule has 1 atom stereocenters. The van der Waals surface area contributed by atoms with E-state index in [9.17, 15) is 4.79 Å². The maximum Gasteiger partial charge on any atom is 0.223 e. The molecule has 1 saturated heterocycles. The van der Waals surface area contributed by atoms with Crippen molar-refractivity contribution >= 4 is 16.9 Å². The first-order valence-corrected chi connectivity index (χ1v) is 10.3. The molecule has 0 spiro atoms. The zero-order valence-corrected chi connectivity index (χ0v) is 16.8. The summed E-state index contributed by atoms with van der Waals surface area (Å²) in [5, 5.41) is 0. The first kappa shape index (κ1) is 19.3. The lowest BCUT2D eigenvalue weighted by Crippen LogP contribution is -2.31. The van der Waals surface area contributed by atoms with Gasteiger partial charge in [0.15, 0.2) is 11.5 Å². The average molecular weight is 393 g/mol. The van der Waals surface area contributed by atoms with E-state index in [4.69, 9.17) is 14.5 Å². The van der Waals surface area contributed by atoms with Crippen LogP contribution in [0.15, 0.2) is 48.5 Å². The highest BCUT2D eigenvalue weighted by Crippen LogP contribution is 2.32. The van der Waals surface area contributed by atoms with Crippen molar-refractivity contribution in [1.29, 1.82) is 0 Å². The molecule has 4 rings (SSSR count). The number of imidazole rings is 1. The van der Waals surface area contributed by atoms with Gasteiger partial charge in [0.1, 0.15) is 5.82 Å². The van der Waals surface area contributed by atoms with Crippen molar-refractivity contribution in [2.75, 3.05) is 19.8 Å². The number of rotatable bonds is 8. The van der Waals surface area contributed by atoms with Gasteiger partial charge in [0.2, 0.25) is 5.91 Å². The predicted octanol–water partition coefficient (Wildman–Crippen LogP) is 4.48. The van der Waals surface area contributed by atoms with Crippen LogP contribution in [0.4, 0.5) is 0 Å². The van der Waals surface area contributed by atoms with Crippen LogP contribution in [0.25, 0.3) is 11.0 Å². The third-order valence-electron chi connectivity index (χ3n) is 5.24. The minimum atomic E-state index is 0.0366. The summed E-state index contributed by atoms with van der Waals surface area (Å²) < 4.78 is 11.4. The third-order valence-corrected chi connectivity index (χ3v) is 5.24. The summed E-state index contributed by atoms with van der Waals surface area (Å²) in [6.07, 6.45) is 3.09. The summed E-state index contributed by atoms with van der Waals surface area (Å²) in [6.45, 7) is 3.81. The summed E-state index contributed by atoms with van der Waals surface area (Å²) >= 11 is 0. The maximum atomic E-state index is 12.8. The van der Waals surface area contributed by atoms with Gasteiger partial charge in [-0.25, -0.2) is 4.98 Å². The van der Waals surface area contributed by atoms with E-state index in [2.05, 4.69) is 4.98 Å². The zero-order chi connectivity index (χ0) is 20.1. The molecule has 0 bridgehead atoms. The number of para-hydroxylation sites is 4. The number of nitrogens with zero attached hydrogens (tertiary/aromatic N) is 2. The molecule has 2 aromatic carbocycles. The van der Waals surface area contributed by atoms with Gasteiger partial charge >= 0.3 is 0 Å². The number of fused-ring (bicyclic) bond motifs is 1. The molecule has 29 heavy (non-hydrogen) atoms. The Hall–Kier alpha value is -3.02. The monoisotopic (exact) mass is 393 g/mol. The van der Waals surface area contributed by atoms with Gasteiger partial charge in [0.25, 0.3) is 0 Å². The van der Waals surface area contributed by atoms with Crippen LogP contribution in [-0.4, -0.2) is 40.5 Å². The van der Waals surface area contributed by atoms with Crippen LogP contribution < -0.4 is 9.47 Å². The topological polar surface area (TPSA) is 67.5 Å². The smallest absolute Gasteiger partial charge is 0.223 e. The highest BCUT2D eigenvalue weighted by molar-refractivity contribution is 5.78. The van der Waals surface area contributed by atoms with Gasteiger partial charge in [-0.3, -0.25) is 4.79 Å². The average Bonchev–Trinajstić information content (AvgIpc) is 3.39. The normalized spacial score (nSPS) is 16.3. The van der Waals surface area contributed by atoms with E-state index < -0.39 is 0 Å². The fraction of sp³-hybridized carbons (Fsp3) is 0.391. The molecule has 3 aromatic rings. The number of ether oxygens (including phenoxy) is 2. The Kier molecular flexibility index (Phi) is 5.98. The molecule has 6 heteroatoms. The van der Waals surface area contributed by atoms with Gasteiger partial charge in [-0.05, 0) is 50.5 Å². The number of hydrogen-bond donors (Lipinski definition) is 1. The molecule has 1 aromatic heterocycles. The highest BCUT2D eigenvalue weighted by Gasteiger charge is 2.31. The van der Waals surface area contributed by atoms with E-state index >= 15 is 0 Å². The molecule has 0 aliphatic carbocycles. The van der Waals surface area contributed by atoms with Crippen LogP contribution in [0.2, 0.25) is 0 Å². The van der Waals surface area contributed by atoms with Crippen molar-refractivity contribution in [3.05, 3.63) is 54.4 Å². The van der Waals surface area contributed by atoms with Gasteiger partial charge in [-0.2, -0.15) is 0 Å². The molecule has 0 saturated carbocycles. The number of aromatic amines is 1. The minimum Gasteiger partial charge on any atom is -0.490 e. The summed E-state index contributed by atoms with van der Waals surface area (Å²) in [5.74, 6) is 2.52. The zero-order valence-electron chi connectivity index (χ0n) is 16.8. The molecule has 152 valence electrons. The highest BCUT2D eigenvalue weighted by atomic mass is 16.5. The Labute approximate surface area is 170 Å². The van der Waals surface area contributed by atoms with Gasteiger partial charge in [0.05, 0.1) is 30.3 Å². The quantitative estimate of drug-likeness (QED) is 0.573. The van der Waals surface area contributed by atoms with Crippen LogP contribution in [0.3, 0.4) is 0 Å². The van der Waals surface area contributed by atoms with Crippen LogP contribution >= 0.6 is 0 Å². The summed E-state index contributed by atoms with van der Waals surface area (Å²) in [5.41, 5.74) is 1.96. The molecule has 2 heterocycles. The number of H-pyrrole nitrogens is 1. The third kappa shape index (κ3) is 4.36. The number of likely N-dealkylation sites (tertiary alicyclic amines) is 1. The number of hydrogen-bond acceptors (Lipinski definition) is 4. The standard InChI is InChI=1S/C23H27N3O3/c1-2-28-20-12-5-6-13-21(20)29-16-8-14-22(27)26-15-7-11-19(26)23-24-17-9-3-4-10-18(17)25-23/h3-6,9-10,12-13,19H,2,7-8,11,14-16H2,1H3,(H,24,25). The number of nitrogens with one attached hydrogen (secondary N) is 1. The van der Waals surface area contributed by atoms with Crippen LogP contribution in [-0.2, 0) is 4.79 Å². The second kappa shape index (κ2) is 8.99. The number of aromatic nitrogens is 2. The summed E-state index contributed by atoms with van der Waals surface area (Å²) in [4.78, 5) is 22.9. The van der Waals surface area contributed by atoms with E-state index in [1.807, 2.05) is 60.4 Å². The Morgan fingerprint density at radius 3 is 2.69 bits per heavy atom. The fourth-order valence-electron chi connectivity index (χ4n) is 3.87. The second-order valence-electron chi connectivity index (χ2n) is 7.22. The number of benzene rings is 2. The SMILES string of the molecule is CCOc1ccccc1OCCCC(=O)N1CCCC1c1nc2ccccc2[nH]1. The summed E-state index contributed by atoms with van der Waals surface area (Å²) in [6, 6.07) is 15.7. The van der Waals surface area contributed by atoms with E-state index in [1.54, 1.807) is 0 Å². The van der Waals surface area contributed by atoms with Crippen molar-refractivity contribution in [3.63, 3.8) is 0 Å². The predicted molar refractivity (Wildman–Crippen MR) is 112 cm³/mol. The van der Waals surface area contributed by atoms with E-state index in [0.29, 0.717) is 26.1 Å². The van der Waals surface area contributed by atoms with Crippen molar-refractivity contribution in [1.82, 2.24) is 14.9 Å². The van der Waals surface area contributed by atoms with Crippen molar-refractivity contribution < 1.29 is 14.3 Å². The first-order chi connectivity index (χ1) is 14.3. The molecule has 1 amide bonds. The molecule has 1 unspecified atom stereocenters.